The van der Waals surface area contributed by atoms with E-state index >= 15 is 0 Å². The SMILES string of the molecule is O=[N+]([O-])c1ccc(OP2(Oc3ccc([N+](=O)[O-])cc3)=NP(Oc3ccc([N+](=O)[O-])cc3)(Oc3ccc([N+](=O)[O-])cc3)=NP(Oc3ccc([N+](=O)[O-])cc3)(Oc3ccc([N+](=O)[O-])cc3)=NP(Oc3ccc([N+](=O)[O-])cc3)(Oc3ccc([N+](=O)[O-])cc3)=N2)cc1. The van der Waals surface area contributed by atoms with Crippen LogP contribution in [0.1, 0.15) is 0 Å². The summed E-state index contributed by atoms with van der Waals surface area (Å²) in [5, 5.41) is 96.2. The maximum absolute atomic E-state index is 12.0. The van der Waals surface area contributed by atoms with Crippen molar-refractivity contribution in [3.63, 3.8) is 0 Å². The first-order valence-electron chi connectivity index (χ1n) is 24.0. The molecule has 0 aromatic heterocycles. The monoisotopic (exact) mass is 1280 g/mol. The van der Waals surface area contributed by atoms with Gasteiger partial charge in [0, 0.05) is 97.1 Å². The van der Waals surface area contributed by atoms with Gasteiger partial charge in [0.15, 0.2) is 0 Å². The summed E-state index contributed by atoms with van der Waals surface area (Å²) in [5.74, 6) is -3.51. The molecule has 0 aliphatic carbocycles. The lowest BCUT2D eigenvalue weighted by Gasteiger charge is -2.33. The van der Waals surface area contributed by atoms with E-state index in [1.165, 1.54) is 0 Å². The van der Waals surface area contributed by atoms with Crippen LogP contribution in [0.2, 0.25) is 0 Å². The van der Waals surface area contributed by atoms with E-state index in [0.717, 1.165) is 194 Å². The fourth-order valence-electron chi connectivity index (χ4n) is 7.14. The second-order valence-corrected chi connectivity index (χ2v) is 25.3. The molecule has 0 bridgehead atoms. The van der Waals surface area contributed by atoms with Crippen LogP contribution in [0.4, 0.5) is 45.5 Å². The Morgan fingerprint density at radius 3 is 0.364 bits per heavy atom. The molecule has 40 heteroatoms. The molecule has 8 aromatic carbocycles. The number of rotatable bonds is 24. The Hall–Kier alpha value is -11.7. The van der Waals surface area contributed by atoms with Crippen molar-refractivity contribution in [2.45, 2.75) is 0 Å². The Morgan fingerprint density at radius 1 is 0.193 bits per heavy atom. The van der Waals surface area contributed by atoms with Crippen molar-refractivity contribution >= 4 is 76.1 Å². The molecule has 1 aliphatic heterocycles. The number of hydrogen-bond donors (Lipinski definition) is 0. The van der Waals surface area contributed by atoms with Crippen molar-refractivity contribution in [2.24, 2.45) is 18.1 Å². The largest absolute Gasteiger partial charge is 0.460 e. The first-order valence-corrected chi connectivity index (χ1v) is 30.1. The van der Waals surface area contributed by atoms with E-state index < -0.39 is 162 Å². The van der Waals surface area contributed by atoms with Gasteiger partial charge in [-0.2, -0.15) is 0 Å². The predicted molar refractivity (Wildman–Crippen MR) is 307 cm³/mol. The lowest BCUT2D eigenvalue weighted by molar-refractivity contribution is -0.385. The van der Waals surface area contributed by atoms with Crippen molar-refractivity contribution in [2.75, 3.05) is 0 Å². The second-order valence-electron chi connectivity index (χ2n) is 17.1. The van der Waals surface area contributed by atoms with Crippen LogP contribution in [0, 0.1) is 80.9 Å². The standard InChI is InChI=1S/C48H32N12O24P4/c61-53(62)33-1-17-41(18-2-33)77-85(78-42-19-3-34(4-20-42)54(63)64)49-86(79-43-21-5-35(6-22-43)55(65)66,80-44-23-7-36(8-24-44)56(67)68)51-88(83-47-29-13-39(14-30-47)59(73)74,84-48-31-15-40(16-32-48)60(75)76)52-87(50-85,81-45-25-9-37(10-26-45)57(69)70)82-46-27-11-38(12-28-46)58(71)72/h1-32H. The molecule has 0 saturated carbocycles. The maximum Gasteiger partial charge on any atom is 0.460 e. The van der Waals surface area contributed by atoms with Crippen LogP contribution in [0.15, 0.2) is 212 Å². The van der Waals surface area contributed by atoms with Crippen LogP contribution in [-0.2, 0) is 0 Å². The molecule has 0 N–H and O–H groups in total. The first kappa shape index (κ1) is 60.9. The molecule has 9 rings (SSSR count). The van der Waals surface area contributed by atoms with Crippen LogP contribution < -0.4 is 36.2 Å². The molecule has 1 heterocycles. The molecule has 0 atom stereocenters. The van der Waals surface area contributed by atoms with Crippen molar-refractivity contribution in [3.8, 4) is 46.0 Å². The van der Waals surface area contributed by atoms with Crippen LogP contribution in [0.25, 0.3) is 0 Å². The van der Waals surface area contributed by atoms with Crippen LogP contribution >= 0.6 is 30.6 Å². The molecular formula is C48H32N12O24P4. The highest BCUT2D eigenvalue weighted by Crippen LogP contribution is 2.79. The third-order valence-corrected chi connectivity index (χ3v) is 21.9. The minimum Gasteiger partial charge on any atom is -0.413 e. The summed E-state index contributed by atoms with van der Waals surface area (Å²) in [6.45, 7) is 0. The van der Waals surface area contributed by atoms with E-state index in [-0.39, 0.29) is 0 Å². The average Bonchev–Trinajstić information content (AvgIpc) is 0.763. The molecule has 36 nitrogen and oxygen atoms in total. The van der Waals surface area contributed by atoms with Gasteiger partial charge in [-0.25, -0.2) is 0 Å². The summed E-state index contributed by atoms with van der Waals surface area (Å²) in [6, 6.07) is 31.6. The van der Waals surface area contributed by atoms with E-state index in [1.54, 1.807) is 0 Å². The Bertz CT molecular complexity index is 3490. The summed E-state index contributed by atoms with van der Waals surface area (Å²) in [4.78, 5) is 90.0. The third-order valence-electron chi connectivity index (χ3n) is 11.1. The lowest BCUT2D eigenvalue weighted by atomic mass is 10.3. The third kappa shape index (κ3) is 14.8. The number of nitro groups is 8. The van der Waals surface area contributed by atoms with Gasteiger partial charge in [-0.15, -0.1) is 0 Å². The van der Waals surface area contributed by atoms with E-state index in [1.807, 2.05) is 0 Å². The summed E-state index contributed by atoms with van der Waals surface area (Å²) < 4.78 is 73.6. The number of hydrogen-bond acceptors (Lipinski definition) is 28. The van der Waals surface area contributed by atoms with Gasteiger partial charge in [0.05, 0.1) is 39.4 Å². The second kappa shape index (κ2) is 25.2. The van der Waals surface area contributed by atoms with Gasteiger partial charge < -0.3 is 36.2 Å². The number of nitrogens with zero attached hydrogens (tertiary/aromatic N) is 12. The maximum atomic E-state index is 12.0. The zero-order chi connectivity index (χ0) is 63.0. The fraction of sp³-hybridized carbons (Fsp3) is 0. The average molecular weight is 1280 g/mol. The van der Waals surface area contributed by atoms with Gasteiger partial charge in [-0.1, -0.05) is 18.1 Å². The van der Waals surface area contributed by atoms with Crippen LogP contribution in [0.3, 0.4) is 0 Å². The van der Waals surface area contributed by atoms with Gasteiger partial charge >= 0.3 is 30.6 Å². The molecule has 0 amide bonds. The van der Waals surface area contributed by atoms with Crippen LogP contribution in [-0.4, -0.2) is 39.4 Å². The van der Waals surface area contributed by atoms with Gasteiger partial charge in [-0.3, -0.25) is 80.9 Å². The molecule has 88 heavy (non-hydrogen) atoms. The molecule has 0 spiro atoms. The highest BCUT2D eigenvalue weighted by atomic mass is 31.3. The Kier molecular flexibility index (Phi) is 17.5. The van der Waals surface area contributed by atoms with Gasteiger partial charge in [0.1, 0.15) is 46.0 Å². The van der Waals surface area contributed by atoms with Gasteiger partial charge in [0.25, 0.3) is 45.5 Å². The molecule has 8 aromatic rings. The summed E-state index contributed by atoms with van der Waals surface area (Å²) in [7, 11) is -21.9. The van der Waals surface area contributed by atoms with Gasteiger partial charge in [0.2, 0.25) is 0 Å². The zero-order valence-electron chi connectivity index (χ0n) is 43.4. The molecule has 0 radical (unpaired) electrons. The molecular weight excluding hydrogens is 1250 g/mol. The number of nitro benzene ring substituents is 8. The minimum atomic E-state index is -5.49. The van der Waals surface area contributed by atoms with E-state index in [4.69, 9.17) is 54.3 Å². The fourth-order valence-corrected chi connectivity index (χ4v) is 19.2. The summed E-state index contributed by atoms with van der Waals surface area (Å²) in [5.41, 5.74) is -4.08. The first-order chi connectivity index (χ1) is 41.9. The Morgan fingerprint density at radius 2 is 0.284 bits per heavy atom. The number of benzene rings is 8. The van der Waals surface area contributed by atoms with Crippen molar-refractivity contribution < 1.29 is 75.6 Å². The molecule has 0 fully saturated rings. The highest BCUT2D eigenvalue weighted by molar-refractivity contribution is 7.79. The lowest BCUT2D eigenvalue weighted by Crippen LogP contribution is -2.11. The van der Waals surface area contributed by atoms with E-state index in [0.29, 0.717) is 0 Å². The Balaban J connectivity index is 1.53. The van der Waals surface area contributed by atoms with Crippen LogP contribution in [0.5, 0.6) is 46.0 Å². The topological polar surface area (TPSA) is 468 Å². The number of non-ortho nitro benzene ring substituents is 8. The molecule has 0 unspecified atom stereocenters. The van der Waals surface area contributed by atoms with E-state index in [2.05, 4.69) is 0 Å². The van der Waals surface area contributed by atoms with Crippen molar-refractivity contribution in [3.05, 3.63) is 275 Å². The summed E-state index contributed by atoms with van der Waals surface area (Å²) in [6.07, 6.45) is 0. The smallest absolute Gasteiger partial charge is 0.413 e. The summed E-state index contributed by atoms with van der Waals surface area (Å²) >= 11 is 0. The van der Waals surface area contributed by atoms with E-state index in [9.17, 15) is 80.9 Å². The molecule has 1 aliphatic rings. The zero-order valence-corrected chi connectivity index (χ0v) is 47.0. The van der Waals surface area contributed by atoms with Crippen molar-refractivity contribution in [1.82, 2.24) is 0 Å². The van der Waals surface area contributed by atoms with Crippen molar-refractivity contribution in [1.29, 1.82) is 0 Å². The quantitative estimate of drug-likeness (QED) is 0.0308. The van der Waals surface area contributed by atoms with Gasteiger partial charge in [-0.05, 0) is 97.1 Å². The highest BCUT2D eigenvalue weighted by Gasteiger charge is 2.50. The Labute approximate surface area is 489 Å². The normalized spacial score (nSPS) is 14.0. The predicted octanol–water partition coefficient (Wildman–Crippen LogP) is 15.7. The minimum absolute atomic E-state index is 0.438. The molecule has 0 saturated heterocycles. The molecule has 448 valence electrons.